The summed E-state index contributed by atoms with van der Waals surface area (Å²) >= 11 is 0. The lowest BCUT2D eigenvalue weighted by Gasteiger charge is -2.14. The number of alkyl halides is 3. The van der Waals surface area contributed by atoms with E-state index in [-0.39, 0.29) is 12.6 Å². The van der Waals surface area contributed by atoms with Crippen LogP contribution in [0.2, 0.25) is 0 Å². The monoisotopic (exact) mass is 287 g/mol. The van der Waals surface area contributed by atoms with Crippen molar-refractivity contribution in [1.82, 2.24) is 5.32 Å². The molecule has 0 fully saturated rings. The van der Waals surface area contributed by atoms with Crippen molar-refractivity contribution in [2.75, 3.05) is 7.11 Å². The van der Waals surface area contributed by atoms with Crippen LogP contribution < -0.4 is 5.32 Å². The summed E-state index contributed by atoms with van der Waals surface area (Å²) < 4.78 is 42.2. The molecule has 0 atom stereocenters. The molecular weight excluding hydrogens is 275 g/mol. The van der Waals surface area contributed by atoms with Crippen LogP contribution in [0.5, 0.6) is 0 Å². The third-order valence-corrected chi connectivity index (χ3v) is 2.29. The van der Waals surface area contributed by atoms with Gasteiger partial charge in [-0.2, -0.15) is 13.2 Å². The number of hydrogen-bond acceptors (Lipinski definition) is 4. The fraction of sp³-hybridized carbons (Fsp3) is 0.231. The molecular formula is C13H12F3NO3. The van der Waals surface area contributed by atoms with E-state index in [4.69, 9.17) is 0 Å². The minimum Gasteiger partial charge on any atom is -0.463 e. The normalized spacial score (nSPS) is 11.9. The predicted octanol–water partition coefficient (Wildman–Crippen LogP) is 1.96. The highest BCUT2D eigenvalue weighted by Crippen LogP contribution is 2.23. The van der Waals surface area contributed by atoms with E-state index in [0.29, 0.717) is 5.56 Å². The fourth-order valence-electron chi connectivity index (χ4n) is 1.32. The first kappa shape index (κ1) is 15.7. The topological polar surface area (TPSA) is 55.4 Å². The Bertz CT molecular complexity index is 509. The maximum absolute atomic E-state index is 12.7. The average molecular weight is 287 g/mol. The first-order valence-corrected chi connectivity index (χ1v) is 5.53. The molecule has 1 N–H and O–H groups in total. The van der Waals surface area contributed by atoms with Gasteiger partial charge in [-0.05, 0) is 5.56 Å². The molecule has 0 aromatic heterocycles. The number of carbonyl (C=O) groups is 2. The molecule has 0 bridgehead atoms. The fourth-order valence-corrected chi connectivity index (χ4v) is 1.32. The maximum Gasteiger partial charge on any atom is 0.431 e. The molecule has 1 aromatic rings. The van der Waals surface area contributed by atoms with Gasteiger partial charge in [0.1, 0.15) is 5.70 Å². The maximum atomic E-state index is 12.7. The molecule has 20 heavy (non-hydrogen) atoms. The third kappa shape index (κ3) is 4.75. The van der Waals surface area contributed by atoms with Crippen molar-refractivity contribution < 1.29 is 27.5 Å². The van der Waals surface area contributed by atoms with Gasteiger partial charge in [-0.15, -0.1) is 0 Å². The highest BCUT2D eigenvalue weighted by Gasteiger charge is 2.35. The van der Waals surface area contributed by atoms with Gasteiger partial charge in [0, 0.05) is 12.6 Å². The number of carbonyl (C=O) groups excluding carboxylic acids is 2. The summed E-state index contributed by atoms with van der Waals surface area (Å²) in [7, 11) is 0.915. The number of hydrogen-bond donors (Lipinski definition) is 1. The van der Waals surface area contributed by atoms with Crippen molar-refractivity contribution in [3.05, 3.63) is 47.7 Å². The molecule has 0 unspecified atom stereocenters. The second kappa shape index (κ2) is 6.74. The van der Waals surface area contributed by atoms with E-state index in [2.05, 4.69) is 10.1 Å². The zero-order valence-electron chi connectivity index (χ0n) is 10.5. The Hall–Kier alpha value is -2.31. The molecule has 0 amide bonds. The van der Waals surface area contributed by atoms with Crippen LogP contribution in [-0.2, 0) is 20.9 Å². The smallest absolute Gasteiger partial charge is 0.431 e. The van der Waals surface area contributed by atoms with Crippen molar-refractivity contribution in [1.29, 1.82) is 0 Å². The lowest BCUT2D eigenvalue weighted by molar-refractivity contribution is -0.149. The van der Waals surface area contributed by atoms with Crippen LogP contribution in [-0.4, -0.2) is 25.0 Å². The lowest BCUT2D eigenvalue weighted by Crippen LogP contribution is -2.28. The summed E-state index contributed by atoms with van der Waals surface area (Å²) in [6, 6.07) is 8.33. The molecule has 0 saturated heterocycles. The summed E-state index contributed by atoms with van der Waals surface area (Å²) in [5, 5.41) is 2.09. The Morgan fingerprint density at radius 3 is 2.35 bits per heavy atom. The minimum atomic E-state index is -4.77. The highest BCUT2D eigenvalue weighted by molar-refractivity contribution is 6.38. The van der Waals surface area contributed by atoms with E-state index in [0.717, 1.165) is 7.11 Å². The van der Waals surface area contributed by atoms with E-state index in [9.17, 15) is 22.8 Å². The molecule has 4 nitrogen and oxygen atoms in total. The van der Waals surface area contributed by atoms with E-state index in [1.165, 1.54) is 0 Å². The molecule has 1 rings (SSSR count). The Morgan fingerprint density at radius 1 is 1.25 bits per heavy atom. The summed E-state index contributed by atoms with van der Waals surface area (Å²) in [5.41, 5.74) is -0.690. The molecule has 7 heteroatoms. The Labute approximate surface area is 113 Å². The van der Waals surface area contributed by atoms with Crippen molar-refractivity contribution in [2.45, 2.75) is 12.7 Å². The first-order chi connectivity index (χ1) is 9.34. The predicted molar refractivity (Wildman–Crippen MR) is 64.4 cm³/mol. The zero-order valence-corrected chi connectivity index (χ0v) is 10.5. The molecule has 1 aromatic carbocycles. The van der Waals surface area contributed by atoms with Gasteiger partial charge in [-0.25, -0.2) is 4.79 Å². The number of halogens is 3. The number of nitrogens with one attached hydrogen (secondary N) is 1. The van der Waals surface area contributed by atoms with Crippen molar-refractivity contribution in [3.8, 4) is 0 Å². The van der Waals surface area contributed by atoms with Crippen LogP contribution >= 0.6 is 0 Å². The van der Waals surface area contributed by atoms with Crippen LogP contribution in [0.4, 0.5) is 13.2 Å². The second-order valence-corrected chi connectivity index (χ2v) is 3.75. The van der Waals surface area contributed by atoms with Crippen molar-refractivity contribution in [3.63, 3.8) is 0 Å². The van der Waals surface area contributed by atoms with E-state index in [1.807, 2.05) is 0 Å². The number of benzene rings is 1. The number of esters is 1. The van der Waals surface area contributed by atoms with Crippen LogP contribution in [0.15, 0.2) is 42.1 Å². The van der Waals surface area contributed by atoms with Crippen LogP contribution in [0.3, 0.4) is 0 Å². The van der Waals surface area contributed by atoms with Gasteiger partial charge in [0.15, 0.2) is 0 Å². The number of methoxy groups -OCH3 is 1. The highest BCUT2D eigenvalue weighted by atomic mass is 19.4. The van der Waals surface area contributed by atoms with Crippen molar-refractivity contribution >= 4 is 11.8 Å². The summed E-state index contributed by atoms with van der Waals surface area (Å²) in [6.45, 7) is -0.124. The third-order valence-electron chi connectivity index (χ3n) is 2.29. The zero-order chi connectivity index (χ0) is 15.2. The van der Waals surface area contributed by atoms with Gasteiger partial charge in [-0.3, -0.25) is 4.79 Å². The van der Waals surface area contributed by atoms with Crippen LogP contribution in [0.1, 0.15) is 5.56 Å². The van der Waals surface area contributed by atoms with Crippen LogP contribution in [0, 0.1) is 0 Å². The first-order valence-electron chi connectivity index (χ1n) is 5.53. The molecule has 0 spiro atoms. The number of allylic oxidation sites excluding steroid dienone is 1. The van der Waals surface area contributed by atoms with Gasteiger partial charge in [0.2, 0.25) is 0 Å². The standard InChI is InChI=1S/C13H12F3NO3/c1-20-12(19)10(18)7-11(13(14,15)16)17-8-9-5-3-2-4-6-9/h2-7,17H,8H2,1H3. The Kier molecular flexibility index (Phi) is 5.31. The van der Waals surface area contributed by atoms with E-state index in [1.54, 1.807) is 30.3 Å². The van der Waals surface area contributed by atoms with Crippen LogP contribution in [0.25, 0.3) is 0 Å². The quantitative estimate of drug-likeness (QED) is 0.511. The molecule has 0 heterocycles. The largest absolute Gasteiger partial charge is 0.463 e. The summed E-state index contributed by atoms with van der Waals surface area (Å²) in [6.07, 6.45) is -4.58. The van der Waals surface area contributed by atoms with Gasteiger partial charge < -0.3 is 10.1 Å². The molecule has 0 aliphatic carbocycles. The number of rotatable bonds is 5. The second-order valence-electron chi connectivity index (χ2n) is 3.75. The molecule has 0 aliphatic rings. The molecule has 108 valence electrons. The molecule has 0 aliphatic heterocycles. The van der Waals surface area contributed by atoms with E-state index < -0.39 is 23.6 Å². The summed E-state index contributed by atoms with van der Waals surface area (Å²) in [4.78, 5) is 22.0. The van der Waals surface area contributed by atoms with E-state index >= 15 is 0 Å². The average Bonchev–Trinajstić information content (AvgIpc) is 2.42. The van der Waals surface area contributed by atoms with Crippen molar-refractivity contribution in [2.24, 2.45) is 0 Å². The molecule has 0 radical (unpaired) electrons. The SMILES string of the molecule is COC(=O)C(=O)C=C(NCc1ccccc1)C(F)(F)F. The Balaban J connectivity index is 2.83. The number of ether oxygens (including phenoxy) is 1. The number of ketones is 1. The van der Waals surface area contributed by atoms with Gasteiger partial charge >= 0.3 is 12.1 Å². The van der Waals surface area contributed by atoms with Gasteiger partial charge in [-0.1, -0.05) is 30.3 Å². The molecule has 0 saturated carbocycles. The Morgan fingerprint density at radius 2 is 1.85 bits per heavy atom. The summed E-state index contributed by atoms with van der Waals surface area (Å²) in [5.74, 6) is -2.73. The van der Waals surface area contributed by atoms with Gasteiger partial charge in [0.25, 0.3) is 5.78 Å². The minimum absolute atomic E-state index is 0.124. The van der Waals surface area contributed by atoms with Gasteiger partial charge in [0.05, 0.1) is 7.11 Å². The lowest BCUT2D eigenvalue weighted by atomic mass is 10.2.